The van der Waals surface area contributed by atoms with Crippen molar-refractivity contribution in [1.29, 1.82) is 0 Å². The molecule has 170 valence electrons. The summed E-state index contributed by atoms with van der Waals surface area (Å²) in [5, 5.41) is 3.51. The van der Waals surface area contributed by atoms with E-state index in [2.05, 4.69) is 40.6 Å². The number of aromatic nitrogens is 1. The molecule has 0 saturated carbocycles. The van der Waals surface area contributed by atoms with Gasteiger partial charge in [-0.1, -0.05) is 48.0 Å². The fourth-order valence-corrected chi connectivity index (χ4v) is 5.95. The molecule has 1 fully saturated rings. The number of fused-ring (bicyclic) bond motifs is 1. The molecule has 1 saturated heterocycles. The van der Waals surface area contributed by atoms with E-state index < -0.39 is 0 Å². The summed E-state index contributed by atoms with van der Waals surface area (Å²) in [6.07, 6.45) is 4.87. The molecular formula is C27H29N3O2S. The summed E-state index contributed by atoms with van der Waals surface area (Å²) in [4.78, 5) is 33.7. The second-order valence-corrected chi connectivity index (χ2v) is 10.3. The molecule has 0 spiro atoms. The molecule has 0 radical (unpaired) electrons. The van der Waals surface area contributed by atoms with Crippen LogP contribution >= 0.6 is 11.3 Å². The predicted molar refractivity (Wildman–Crippen MR) is 132 cm³/mol. The van der Waals surface area contributed by atoms with Gasteiger partial charge in [0.25, 0.3) is 5.91 Å². The van der Waals surface area contributed by atoms with Crippen molar-refractivity contribution in [3.63, 3.8) is 0 Å². The Balaban J connectivity index is 1.19. The van der Waals surface area contributed by atoms with Crippen molar-refractivity contribution in [3.05, 3.63) is 81.9 Å². The maximum absolute atomic E-state index is 13.3. The first kappa shape index (κ1) is 21.8. The van der Waals surface area contributed by atoms with Crippen molar-refractivity contribution >= 4 is 28.3 Å². The SMILES string of the molecule is Cc1ccc(C(=O)Nc2nc3c(s2)CCC3C(=O)N2CCC(Cc3ccccc3)CC2)cc1. The summed E-state index contributed by atoms with van der Waals surface area (Å²) < 4.78 is 0. The Labute approximate surface area is 198 Å². The average Bonchev–Trinajstić information content (AvgIpc) is 3.40. The van der Waals surface area contributed by atoms with Crippen LogP contribution in [-0.2, 0) is 17.6 Å². The number of carbonyl (C=O) groups excluding carboxylic acids is 2. The molecule has 1 aliphatic heterocycles. The third kappa shape index (κ3) is 4.86. The topological polar surface area (TPSA) is 62.3 Å². The van der Waals surface area contributed by atoms with E-state index in [1.54, 1.807) is 0 Å². The molecule has 3 aromatic rings. The third-order valence-corrected chi connectivity index (χ3v) is 7.89. The van der Waals surface area contributed by atoms with Gasteiger partial charge >= 0.3 is 0 Å². The second kappa shape index (κ2) is 9.48. The quantitative estimate of drug-likeness (QED) is 0.569. The van der Waals surface area contributed by atoms with E-state index in [9.17, 15) is 9.59 Å². The minimum absolute atomic E-state index is 0.161. The van der Waals surface area contributed by atoms with Crippen LogP contribution in [0.5, 0.6) is 0 Å². The number of hydrogen-bond donors (Lipinski definition) is 1. The van der Waals surface area contributed by atoms with Crippen LogP contribution in [-0.4, -0.2) is 34.8 Å². The molecule has 2 amide bonds. The monoisotopic (exact) mass is 459 g/mol. The normalized spacial score (nSPS) is 18.2. The number of anilines is 1. The van der Waals surface area contributed by atoms with E-state index >= 15 is 0 Å². The molecule has 2 aromatic carbocycles. The van der Waals surface area contributed by atoms with Gasteiger partial charge < -0.3 is 4.90 Å². The summed E-state index contributed by atoms with van der Waals surface area (Å²) in [6, 6.07) is 18.1. The molecular weight excluding hydrogens is 430 g/mol. The van der Waals surface area contributed by atoms with Crippen LogP contribution in [0.2, 0.25) is 0 Å². The number of likely N-dealkylation sites (tertiary alicyclic amines) is 1. The molecule has 1 aliphatic carbocycles. The lowest BCUT2D eigenvalue weighted by molar-refractivity contribution is -0.134. The average molecular weight is 460 g/mol. The second-order valence-electron chi connectivity index (χ2n) is 9.20. The van der Waals surface area contributed by atoms with E-state index in [0.717, 1.165) is 61.3 Å². The zero-order chi connectivity index (χ0) is 22.8. The van der Waals surface area contributed by atoms with Gasteiger partial charge in [-0.25, -0.2) is 4.98 Å². The Morgan fingerprint density at radius 1 is 1.03 bits per heavy atom. The number of rotatable bonds is 5. The summed E-state index contributed by atoms with van der Waals surface area (Å²) in [7, 11) is 0. The van der Waals surface area contributed by atoms with Crippen molar-refractivity contribution in [2.24, 2.45) is 5.92 Å². The van der Waals surface area contributed by atoms with Crippen LogP contribution in [0.25, 0.3) is 0 Å². The number of amides is 2. The smallest absolute Gasteiger partial charge is 0.257 e. The molecule has 1 atom stereocenters. The number of aryl methyl sites for hydroxylation is 2. The van der Waals surface area contributed by atoms with Crippen LogP contribution in [0.15, 0.2) is 54.6 Å². The molecule has 6 heteroatoms. The lowest BCUT2D eigenvalue weighted by Crippen LogP contribution is -2.41. The van der Waals surface area contributed by atoms with Crippen molar-refractivity contribution in [3.8, 4) is 0 Å². The lowest BCUT2D eigenvalue weighted by Gasteiger charge is -2.33. The Hall–Kier alpha value is -2.99. The maximum atomic E-state index is 13.3. The predicted octanol–water partition coefficient (Wildman–Crippen LogP) is 5.21. The standard InChI is InChI=1S/C27H29N3O2S/c1-18-7-9-21(10-8-18)25(31)29-27-28-24-22(11-12-23(24)33-27)26(32)30-15-13-20(14-16-30)17-19-5-3-2-4-6-19/h2-10,20,22H,11-17H2,1H3,(H,28,29,31). The lowest BCUT2D eigenvalue weighted by atomic mass is 9.89. The van der Waals surface area contributed by atoms with Crippen LogP contribution in [0.3, 0.4) is 0 Å². The van der Waals surface area contributed by atoms with Gasteiger partial charge in [0.1, 0.15) is 0 Å². The molecule has 33 heavy (non-hydrogen) atoms. The molecule has 5 nitrogen and oxygen atoms in total. The first-order valence-electron chi connectivity index (χ1n) is 11.8. The van der Waals surface area contributed by atoms with Gasteiger partial charge in [-0.3, -0.25) is 14.9 Å². The Morgan fingerprint density at radius 2 is 1.76 bits per heavy atom. The van der Waals surface area contributed by atoms with Gasteiger partial charge in [-0.15, -0.1) is 11.3 Å². The van der Waals surface area contributed by atoms with Gasteiger partial charge in [-0.05, 0) is 62.6 Å². The number of nitrogens with zero attached hydrogens (tertiary/aromatic N) is 2. The first-order valence-corrected chi connectivity index (χ1v) is 12.6. The highest BCUT2D eigenvalue weighted by atomic mass is 32.1. The van der Waals surface area contributed by atoms with Crippen LogP contribution in [0.1, 0.15) is 57.2 Å². The highest BCUT2D eigenvalue weighted by Crippen LogP contribution is 2.40. The van der Waals surface area contributed by atoms with E-state index in [1.807, 2.05) is 36.1 Å². The van der Waals surface area contributed by atoms with Crippen LogP contribution < -0.4 is 5.32 Å². The molecule has 1 unspecified atom stereocenters. The van der Waals surface area contributed by atoms with Crippen LogP contribution in [0, 0.1) is 12.8 Å². The first-order chi connectivity index (χ1) is 16.1. The minimum Gasteiger partial charge on any atom is -0.342 e. The minimum atomic E-state index is -0.174. The Morgan fingerprint density at radius 3 is 2.48 bits per heavy atom. The summed E-state index contributed by atoms with van der Waals surface area (Å²) in [5.41, 5.74) is 3.98. The Kier molecular flexibility index (Phi) is 6.27. The highest BCUT2D eigenvalue weighted by Gasteiger charge is 2.36. The number of benzene rings is 2. The van der Waals surface area contributed by atoms with Crippen molar-refractivity contribution < 1.29 is 9.59 Å². The number of nitrogens with one attached hydrogen (secondary N) is 1. The number of piperidine rings is 1. The van der Waals surface area contributed by atoms with Crippen LogP contribution in [0.4, 0.5) is 5.13 Å². The van der Waals surface area contributed by atoms with Gasteiger partial charge in [0.05, 0.1) is 11.6 Å². The van der Waals surface area contributed by atoms with E-state index in [1.165, 1.54) is 16.9 Å². The fourth-order valence-electron chi connectivity index (χ4n) is 4.92. The molecule has 2 heterocycles. The fraction of sp³-hybridized carbons (Fsp3) is 0.370. The largest absolute Gasteiger partial charge is 0.342 e. The van der Waals surface area contributed by atoms with E-state index in [-0.39, 0.29) is 17.7 Å². The molecule has 0 bridgehead atoms. The summed E-state index contributed by atoms with van der Waals surface area (Å²) in [6.45, 7) is 3.64. The number of carbonyl (C=O) groups is 2. The van der Waals surface area contributed by atoms with Crippen molar-refractivity contribution in [2.45, 2.75) is 44.9 Å². The number of thiazole rings is 1. The van der Waals surface area contributed by atoms with Gasteiger partial charge in [0.15, 0.2) is 5.13 Å². The van der Waals surface area contributed by atoms with Crippen molar-refractivity contribution in [1.82, 2.24) is 9.88 Å². The third-order valence-electron chi connectivity index (χ3n) is 6.84. The molecule has 1 N–H and O–H groups in total. The van der Waals surface area contributed by atoms with Gasteiger partial charge in [0.2, 0.25) is 5.91 Å². The van der Waals surface area contributed by atoms with E-state index in [4.69, 9.17) is 0 Å². The molecule has 2 aliphatic rings. The van der Waals surface area contributed by atoms with Gasteiger partial charge in [0, 0.05) is 23.5 Å². The zero-order valence-electron chi connectivity index (χ0n) is 18.9. The van der Waals surface area contributed by atoms with Crippen molar-refractivity contribution in [2.75, 3.05) is 18.4 Å². The molecule has 1 aromatic heterocycles. The Bertz CT molecular complexity index is 1130. The molecule has 5 rings (SSSR count). The highest BCUT2D eigenvalue weighted by molar-refractivity contribution is 7.16. The summed E-state index contributed by atoms with van der Waals surface area (Å²) in [5.74, 6) is 0.504. The summed E-state index contributed by atoms with van der Waals surface area (Å²) >= 11 is 1.50. The number of hydrogen-bond acceptors (Lipinski definition) is 4. The zero-order valence-corrected chi connectivity index (χ0v) is 19.7. The van der Waals surface area contributed by atoms with Gasteiger partial charge in [-0.2, -0.15) is 0 Å². The maximum Gasteiger partial charge on any atom is 0.257 e. The van der Waals surface area contributed by atoms with E-state index in [0.29, 0.717) is 16.6 Å².